The van der Waals surface area contributed by atoms with Gasteiger partial charge in [-0.15, -0.1) is 0 Å². The predicted octanol–water partition coefficient (Wildman–Crippen LogP) is 3.23. The second-order valence-electron chi connectivity index (χ2n) is 6.66. The fourth-order valence-corrected chi connectivity index (χ4v) is 3.51. The van der Waals surface area contributed by atoms with Crippen molar-refractivity contribution in [2.45, 2.75) is 39.5 Å². The Balaban J connectivity index is 2.15. The molecule has 0 radical (unpaired) electrons. The van der Waals surface area contributed by atoms with Crippen LogP contribution in [0.3, 0.4) is 0 Å². The molecule has 0 fully saturated rings. The van der Waals surface area contributed by atoms with Crippen molar-refractivity contribution in [2.24, 2.45) is 0 Å². The Morgan fingerprint density at radius 1 is 1.12 bits per heavy atom. The van der Waals surface area contributed by atoms with Crippen LogP contribution < -0.4 is 20.5 Å². The summed E-state index contributed by atoms with van der Waals surface area (Å²) in [6.45, 7) is 9.49. The van der Waals surface area contributed by atoms with Crippen molar-refractivity contribution in [3.8, 4) is 5.75 Å². The number of hydrogen-bond donors (Lipinski definition) is 0. The van der Waals surface area contributed by atoms with Gasteiger partial charge in [-0.3, -0.25) is 9.59 Å². The Morgan fingerprint density at radius 2 is 1.83 bits per heavy atom. The summed E-state index contributed by atoms with van der Waals surface area (Å²) in [5.74, 6) is 0.207. The lowest BCUT2D eigenvalue weighted by atomic mass is 9.83. The number of allylic oxidation sites excluding steroid dienone is 1. The maximum atomic E-state index is 12.0. The smallest absolute Gasteiger partial charge is 0.268 e. The molecule has 0 spiro atoms. The third kappa shape index (κ3) is 2.29. The second-order valence-corrected chi connectivity index (χ2v) is 6.66. The lowest BCUT2D eigenvalue weighted by Gasteiger charge is -2.27. The molecular weight excluding hydrogens is 302 g/mol. The molecule has 2 aromatic rings. The third-order valence-electron chi connectivity index (χ3n) is 4.72. The van der Waals surface area contributed by atoms with Gasteiger partial charge in [-0.05, 0) is 31.1 Å². The lowest BCUT2D eigenvalue weighted by molar-refractivity contribution is 0.332. The van der Waals surface area contributed by atoms with Crippen molar-refractivity contribution in [1.82, 2.24) is 0 Å². The van der Waals surface area contributed by atoms with E-state index in [1.165, 1.54) is 11.3 Å². The topological polar surface area (TPSA) is 46.6 Å². The minimum atomic E-state index is -0.515. The molecule has 0 saturated carbocycles. The second kappa shape index (κ2) is 5.93. The van der Waals surface area contributed by atoms with Gasteiger partial charge >= 0.3 is 0 Å². The highest BCUT2D eigenvalue weighted by atomic mass is 16.5. The van der Waals surface area contributed by atoms with Gasteiger partial charge in [0.25, 0.3) is 5.43 Å². The minimum Gasteiger partial charge on any atom is -0.489 e. The van der Waals surface area contributed by atoms with Gasteiger partial charge in [0.1, 0.15) is 0 Å². The van der Waals surface area contributed by atoms with Crippen LogP contribution in [-0.4, -0.2) is 13.2 Å². The van der Waals surface area contributed by atoms with Crippen LogP contribution >= 0.6 is 0 Å². The van der Waals surface area contributed by atoms with Crippen LogP contribution in [-0.2, 0) is 5.41 Å². The van der Waals surface area contributed by atoms with E-state index in [1.54, 1.807) is 0 Å². The molecule has 0 N–H and O–H groups in total. The van der Waals surface area contributed by atoms with E-state index < -0.39 is 10.9 Å². The van der Waals surface area contributed by atoms with Gasteiger partial charge in [0, 0.05) is 23.3 Å². The molecule has 0 bridgehead atoms. The molecule has 126 valence electrons. The molecule has 4 heteroatoms. The van der Waals surface area contributed by atoms with E-state index >= 15 is 0 Å². The average Bonchev–Trinajstić information content (AvgIpc) is 2.79. The molecule has 0 saturated heterocycles. The van der Waals surface area contributed by atoms with Crippen molar-refractivity contribution in [1.29, 1.82) is 0 Å². The quantitative estimate of drug-likeness (QED) is 0.792. The van der Waals surface area contributed by atoms with Crippen LogP contribution in [0.2, 0.25) is 0 Å². The molecule has 3 rings (SSSR count). The van der Waals surface area contributed by atoms with Crippen molar-refractivity contribution in [3.05, 3.63) is 61.5 Å². The van der Waals surface area contributed by atoms with Crippen molar-refractivity contribution < 1.29 is 4.74 Å². The monoisotopic (exact) mass is 325 g/mol. The maximum Gasteiger partial charge on any atom is 0.268 e. The zero-order valence-corrected chi connectivity index (χ0v) is 14.7. The van der Waals surface area contributed by atoms with Crippen molar-refractivity contribution in [2.75, 3.05) is 18.1 Å². The first-order valence-electron chi connectivity index (χ1n) is 8.48. The molecule has 0 aromatic heterocycles. The summed E-state index contributed by atoms with van der Waals surface area (Å²) in [6.07, 6.45) is 2.84. The number of hydrogen-bond acceptors (Lipinski definition) is 4. The fraction of sp³-hybridized carbons (Fsp3) is 0.400. The summed E-state index contributed by atoms with van der Waals surface area (Å²) in [5, 5.41) is 0. The number of fused-ring (bicyclic) bond motifs is 1. The number of rotatable bonds is 5. The number of benzene rings is 1. The van der Waals surface area contributed by atoms with Gasteiger partial charge in [-0.2, -0.15) is 0 Å². The van der Waals surface area contributed by atoms with Gasteiger partial charge in [-0.1, -0.05) is 39.0 Å². The summed E-state index contributed by atoms with van der Waals surface area (Å²) < 4.78 is 5.37. The molecule has 0 unspecified atom stereocenters. The summed E-state index contributed by atoms with van der Waals surface area (Å²) >= 11 is 0. The molecule has 1 aliphatic rings. The largest absolute Gasteiger partial charge is 0.489 e. The number of ether oxygens (including phenoxy) is 1. The number of anilines is 1. The van der Waals surface area contributed by atoms with Crippen LogP contribution in [0.25, 0.3) is 6.08 Å². The average molecular weight is 325 g/mol. The van der Waals surface area contributed by atoms with Gasteiger partial charge < -0.3 is 9.64 Å². The zero-order valence-electron chi connectivity index (χ0n) is 14.7. The standard InChI is InChI=1S/C20H23NO3/c1-5-11-21-15-10-8-7-9-14(15)20(3,4)16(21)12-13-17(22)18(23)19(13)24-6-2/h7-10,12H,5-6,11H2,1-4H3. The van der Waals surface area contributed by atoms with Crippen LogP contribution in [0.15, 0.2) is 39.6 Å². The highest BCUT2D eigenvalue weighted by Crippen LogP contribution is 2.48. The van der Waals surface area contributed by atoms with E-state index in [1.807, 2.05) is 25.1 Å². The molecule has 4 nitrogen and oxygen atoms in total. The first-order valence-corrected chi connectivity index (χ1v) is 8.48. The van der Waals surface area contributed by atoms with E-state index in [0.717, 1.165) is 18.7 Å². The molecule has 1 heterocycles. The first kappa shape index (κ1) is 16.5. The van der Waals surface area contributed by atoms with Crippen LogP contribution in [0.1, 0.15) is 45.2 Å². The Hall–Kier alpha value is -2.36. The van der Waals surface area contributed by atoms with E-state index in [0.29, 0.717) is 12.2 Å². The van der Waals surface area contributed by atoms with E-state index in [9.17, 15) is 9.59 Å². The molecular formula is C20H23NO3. The van der Waals surface area contributed by atoms with Gasteiger partial charge in [0.2, 0.25) is 5.43 Å². The summed E-state index contributed by atoms with van der Waals surface area (Å²) in [5.41, 5.74) is 2.66. The Labute approximate surface area is 142 Å². The van der Waals surface area contributed by atoms with Gasteiger partial charge in [0.05, 0.1) is 12.2 Å². The number of nitrogens with zero attached hydrogens (tertiary/aromatic N) is 1. The molecule has 0 atom stereocenters. The van der Waals surface area contributed by atoms with E-state index in [4.69, 9.17) is 4.74 Å². The van der Waals surface area contributed by atoms with Crippen LogP contribution in [0, 0.1) is 0 Å². The number of para-hydroxylation sites is 1. The van der Waals surface area contributed by atoms with E-state index in [2.05, 4.69) is 37.8 Å². The van der Waals surface area contributed by atoms with Gasteiger partial charge in [-0.25, -0.2) is 0 Å². The minimum absolute atomic E-state index is 0.207. The summed E-state index contributed by atoms with van der Waals surface area (Å²) in [4.78, 5) is 26.0. The third-order valence-corrected chi connectivity index (χ3v) is 4.72. The first-order chi connectivity index (χ1) is 11.4. The van der Waals surface area contributed by atoms with Gasteiger partial charge in [0.15, 0.2) is 5.75 Å². The van der Waals surface area contributed by atoms with Crippen molar-refractivity contribution >= 4 is 11.8 Å². The van der Waals surface area contributed by atoms with Crippen LogP contribution in [0.4, 0.5) is 5.69 Å². The molecule has 1 aliphatic heterocycles. The SMILES string of the molecule is CCCN1C(=Cc2c(OCC)c(=O)c2=O)C(C)(C)c2ccccc21. The molecule has 2 aromatic carbocycles. The van der Waals surface area contributed by atoms with Crippen molar-refractivity contribution in [3.63, 3.8) is 0 Å². The maximum absolute atomic E-state index is 12.0. The highest BCUT2D eigenvalue weighted by molar-refractivity contribution is 5.77. The fourth-order valence-electron chi connectivity index (χ4n) is 3.51. The van der Waals surface area contributed by atoms with E-state index in [-0.39, 0.29) is 11.2 Å². The molecule has 0 aliphatic carbocycles. The predicted molar refractivity (Wildman–Crippen MR) is 97.6 cm³/mol. The Bertz CT molecular complexity index is 869. The zero-order chi connectivity index (χ0) is 17.5. The summed E-state index contributed by atoms with van der Waals surface area (Å²) in [7, 11) is 0. The van der Waals surface area contributed by atoms with Crippen LogP contribution in [0.5, 0.6) is 5.75 Å². The highest BCUT2D eigenvalue weighted by Gasteiger charge is 2.40. The molecule has 24 heavy (non-hydrogen) atoms. The summed E-state index contributed by atoms with van der Waals surface area (Å²) in [6, 6.07) is 8.31. The normalized spacial score (nSPS) is 17.5. The lowest BCUT2D eigenvalue weighted by Crippen LogP contribution is -2.36. The Kier molecular flexibility index (Phi) is 4.08. The Morgan fingerprint density at radius 3 is 2.50 bits per heavy atom. The molecule has 0 amide bonds.